The molecule has 0 fully saturated rings. The van der Waals surface area contributed by atoms with Crippen LogP contribution in [-0.4, -0.2) is 10.8 Å². The van der Waals surface area contributed by atoms with Crippen molar-refractivity contribution in [1.29, 1.82) is 5.26 Å². The van der Waals surface area contributed by atoms with Gasteiger partial charge in [-0.3, -0.25) is 14.9 Å². The Kier molecular flexibility index (Phi) is 7.83. The predicted molar refractivity (Wildman–Crippen MR) is 130 cm³/mol. The molecule has 3 aromatic rings. The number of halogens is 2. The number of nitrogens with zero attached hydrogens (tertiary/aromatic N) is 2. The van der Waals surface area contributed by atoms with E-state index < -0.39 is 10.8 Å². The van der Waals surface area contributed by atoms with Gasteiger partial charge in [-0.2, -0.15) is 5.26 Å². The van der Waals surface area contributed by atoms with Gasteiger partial charge in [0, 0.05) is 32.9 Å². The summed E-state index contributed by atoms with van der Waals surface area (Å²) in [6.45, 7) is 1.92. The Morgan fingerprint density at radius 1 is 1.24 bits per heavy atom. The number of ether oxygens (including phenoxy) is 1. The van der Waals surface area contributed by atoms with Gasteiger partial charge in [0.05, 0.1) is 4.92 Å². The number of hydrogen-bond donors (Lipinski definition) is 1. The van der Waals surface area contributed by atoms with Crippen molar-refractivity contribution in [2.75, 3.05) is 5.32 Å². The SMILES string of the molecule is Cc1c(Cl)cccc1NC(=O)/C(C#N)=C\c1cc(Br)ccc1OCc1ccc([N+](=O)[O-])cc1. The second kappa shape index (κ2) is 10.8. The maximum absolute atomic E-state index is 12.7. The molecular weight excluding hydrogens is 510 g/mol. The lowest BCUT2D eigenvalue weighted by molar-refractivity contribution is -0.384. The highest BCUT2D eigenvalue weighted by molar-refractivity contribution is 9.10. The zero-order valence-electron chi connectivity index (χ0n) is 17.3. The minimum atomic E-state index is -0.579. The summed E-state index contributed by atoms with van der Waals surface area (Å²) in [6, 6.07) is 18.2. The summed E-state index contributed by atoms with van der Waals surface area (Å²) in [6.07, 6.45) is 1.44. The monoisotopic (exact) mass is 525 g/mol. The third-order valence-electron chi connectivity index (χ3n) is 4.69. The van der Waals surface area contributed by atoms with Crippen LogP contribution in [0.5, 0.6) is 5.75 Å². The molecular formula is C24H17BrClN3O4. The minimum absolute atomic E-state index is 0.00868. The zero-order chi connectivity index (χ0) is 24.0. The molecule has 1 N–H and O–H groups in total. The Morgan fingerprint density at radius 2 is 1.97 bits per heavy atom. The van der Waals surface area contributed by atoms with Gasteiger partial charge >= 0.3 is 0 Å². The van der Waals surface area contributed by atoms with E-state index in [2.05, 4.69) is 21.2 Å². The highest BCUT2D eigenvalue weighted by Gasteiger charge is 2.14. The Labute approximate surface area is 203 Å². The van der Waals surface area contributed by atoms with Crippen molar-refractivity contribution in [2.24, 2.45) is 0 Å². The van der Waals surface area contributed by atoms with Crippen LogP contribution in [0.25, 0.3) is 6.08 Å². The molecule has 0 saturated heterocycles. The number of nitro groups is 1. The van der Waals surface area contributed by atoms with Crippen LogP contribution in [0.2, 0.25) is 5.02 Å². The van der Waals surface area contributed by atoms with Crippen LogP contribution in [-0.2, 0) is 11.4 Å². The largest absolute Gasteiger partial charge is 0.488 e. The number of nitriles is 1. The Morgan fingerprint density at radius 3 is 2.64 bits per heavy atom. The maximum Gasteiger partial charge on any atom is 0.269 e. The normalized spacial score (nSPS) is 10.9. The molecule has 0 aromatic heterocycles. The van der Waals surface area contributed by atoms with Gasteiger partial charge in [-0.05, 0) is 66.6 Å². The Hall–Kier alpha value is -3.67. The predicted octanol–water partition coefficient (Wildman–Crippen LogP) is 6.44. The summed E-state index contributed by atoms with van der Waals surface area (Å²) in [7, 11) is 0. The number of benzene rings is 3. The first-order valence-electron chi connectivity index (χ1n) is 9.62. The molecule has 0 bridgehead atoms. The first kappa shape index (κ1) is 24.0. The van der Waals surface area contributed by atoms with E-state index in [0.717, 1.165) is 10.0 Å². The lowest BCUT2D eigenvalue weighted by atomic mass is 10.1. The lowest BCUT2D eigenvalue weighted by Crippen LogP contribution is -2.14. The van der Waals surface area contributed by atoms with E-state index in [1.54, 1.807) is 55.5 Å². The van der Waals surface area contributed by atoms with Crippen molar-refractivity contribution in [3.8, 4) is 11.8 Å². The second-order valence-corrected chi connectivity index (χ2v) is 8.25. The van der Waals surface area contributed by atoms with Gasteiger partial charge in [-0.1, -0.05) is 33.6 Å². The molecule has 0 unspecified atom stereocenters. The molecule has 9 heteroatoms. The number of nitro benzene ring substituents is 1. The molecule has 0 heterocycles. The van der Waals surface area contributed by atoms with Gasteiger partial charge < -0.3 is 10.1 Å². The van der Waals surface area contributed by atoms with Crippen LogP contribution >= 0.6 is 27.5 Å². The number of amides is 1. The van der Waals surface area contributed by atoms with E-state index in [1.807, 2.05) is 6.07 Å². The van der Waals surface area contributed by atoms with Crippen LogP contribution < -0.4 is 10.1 Å². The Bertz CT molecular complexity index is 1280. The van der Waals surface area contributed by atoms with Gasteiger partial charge in [0.1, 0.15) is 24.0 Å². The first-order valence-corrected chi connectivity index (χ1v) is 10.8. The zero-order valence-corrected chi connectivity index (χ0v) is 19.7. The fourth-order valence-electron chi connectivity index (χ4n) is 2.88. The average molecular weight is 527 g/mol. The van der Waals surface area contributed by atoms with E-state index in [-0.39, 0.29) is 17.9 Å². The van der Waals surface area contributed by atoms with Crippen LogP contribution in [0.3, 0.4) is 0 Å². The number of anilines is 1. The molecule has 3 rings (SSSR count). The summed E-state index contributed by atoms with van der Waals surface area (Å²) >= 11 is 9.49. The fraction of sp³-hybridized carbons (Fsp3) is 0.0833. The summed E-state index contributed by atoms with van der Waals surface area (Å²) in [4.78, 5) is 23.1. The third-order valence-corrected chi connectivity index (χ3v) is 5.60. The van der Waals surface area contributed by atoms with E-state index in [9.17, 15) is 20.2 Å². The fourth-order valence-corrected chi connectivity index (χ4v) is 3.43. The Balaban J connectivity index is 1.82. The van der Waals surface area contributed by atoms with Crippen molar-refractivity contribution >= 4 is 50.9 Å². The molecule has 0 aliphatic heterocycles. The molecule has 1 amide bonds. The van der Waals surface area contributed by atoms with E-state index >= 15 is 0 Å². The molecule has 0 saturated carbocycles. The maximum atomic E-state index is 12.7. The van der Waals surface area contributed by atoms with Gasteiger partial charge in [-0.25, -0.2) is 0 Å². The third kappa shape index (κ3) is 6.19. The van der Waals surface area contributed by atoms with Gasteiger partial charge in [0.25, 0.3) is 11.6 Å². The smallest absolute Gasteiger partial charge is 0.269 e. The van der Waals surface area contributed by atoms with E-state index in [0.29, 0.717) is 27.6 Å². The topological polar surface area (TPSA) is 105 Å². The molecule has 0 aliphatic carbocycles. The van der Waals surface area contributed by atoms with Crippen LogP contribution in [0.4, 0.5) is 11.4 Å². The molecule has 0 spiro atoms. The summed E-state index contributed by atoms with van der Waals surface area (Å²) < 4.78 is 6.60. The van der Waals surface area contributed by atoms with Crippen molar-refractivity contribution < 1.29 is 14.5 Å². The standard InChI is InChI=1S/C24H17BrClN3O4/c1-15-21(26)3-2-4-22(15)28-24(30)18(13-27)11-17-12-19(25)7-10-23(17)33-14-16-5-8-20(9-6-16)29(31)32/h2-12H,14H2,1H3,(H,28,30)/b18-11-. The minimum Gasteiger partial charge on any atom is -0.488 e. The average Bonchev–Trinajstić information content (AvgIpc) is 2.80. The van der Waals surface area contributed by atoms with Crippen molar-refractivity contribution in [1.82, 2.24) is 0 Å². The summed E-state index contributed by atoms with van der Waals surface area (Å²) in [5.74, 6) is -0.139. The van der Waals surface area contributed by atoms with E-state index in [4.69, 9.17) is 16.3 Å². The quantitative estimate of drug-likeness (QED) is 0.165. The number of rotatable bonds is 7. The molecule has 0 aliphatic rings. The lowest BCUT2D eigenvalue weighted by Gasteiger charge is -2.11. The van der Waals surface area contributed by atoms with Crippen LogP contribution in [0.15, 0.2) is 70.7 Å². The van der Waals surface area contributed by atoms with Gasteiger partial charge in [0.2, 0.25) is 0 Å². The number of carbonyl (C=O) groups is 1. The molecule has 166 valence electrons. The van der Waals surface area contributed by atoms with E-state index in [1.165, 1.54) is 18.2 Å². The molecule has 3 aromatic carbocycles. The van der Waals surface area contributed by atoms with Crippen LogP contribution in [0, 0.1) is 28.4 Å². The number of hydrogen-bond acceptors (Lipinski definition) is 5. The van der Waals surface area contributed by atoms with Crippen molar-refractivity contribution in [2.45, 2.75) is 13.5 Å². The van der Waals surface area contributed by atoms with Gasteiger partial charge in [0.15, 0.2) is 0 Å². The summed E-state index contributed by atoms with van der Waals surface area (Å²) in [5.41, 5.74) is 2.32. The van der Waals surface area contributed by atoms with Crippen molar-refractivity contribution in [3.05, 3.63) is 103 Å². The number of carbonyl (C=O) groups excluding carboxylic acids is 1. The molecule has 0 radical (unpaired) electrons. The van der Waals surface area contributed by atoms with Crippen molar-refractivity contribution in [3.63, 3.8) is 0 Å². The second-order valence-electron chi connectivity index (χ2n) is 6.93. The van der Waals surface area contributed by atoms with Crippen LogP contribution in [0.1, 0.15) is 16.7 Å². The first-order chi connectivity index (χ1) is 15.8. The molecule has 7 nitrogen and oxygen atoms in total. The molecule has 33 heavy (non-hydrogen) atoms. The highest BCUT2D eigenvalue weighted by Crippen LogP contribution is 2.28. The number of nitrogens with one attached hydrogen (secondary N) is 1. The summed E-state index contributed by atoms with van der Waals surface area (Å²) in [5, 5.41) is 23.6. The molecule has 0 atom stereocenters. The van der Waals surface area contributed by atoms with Gasteiger partial charge in [-0.15, -0.1) is 0 Å². The highest BCUT2D eigenvalue weighted by atomic mass is 79.9. The number of non-ortho nitro benzene ring substituents is 1.